The van der Waals surface area contributed by atoms with E-state index in [9.17, 15) is 0 Å². The number of rotatable bonds is 0. The molecule has 0 aliphatic heterocycles. The third-order valence-corrected chi connectivity index (χ3v) is 0. The number of hydrogen-bond acceptors (Lipinski definition) is 0. The maximum absolute atomic E-state index is 0. The summed E-state index contributed by atoms with van der Waals surface area (Å²) in [7, 11) is 0. The Morgan fingerprint density at radius 3 is 0.333 bits per heavy atom. The van der Waals surface area contributed by atoms with Crippen molar-refractivity contribution in [2.45, 2.75) is 0 Å². The monoisotopic (exact) mass is 409 g/mol. The molecule has 0 saturated heterocycles. The van der Waals surface area contributed by atoms with Crippen LogP contribution in [-0.2, 0) is 22.4 Å². The van der Waals surface area contributed by atoms with E-state index in [0.29, 0.717) is 0 Å². The molecule has 9 heteroatoms. The summed E-state index contributed by atoms with van der Waals surface area (Å²) in [6.45, 7) is 0. The van der Waals surface area contributed by atoms with Crippen molar-refractivity contribution < 1.29 is 93.9 Å². The Labute approximate surface area is 93.5 Å². The molecule has 0 bridgehead atoms. The van der Waals surface area contributed by atoms with Crippen molar-refractivity contribution in [3.05, 3.63) is 0 Å². The fourth-order valence-corrected chi connectivity index (χ4v) is 0. The van der Waals surface area contributed by atoms with Gasteiger partial charge in [-0.1, -0.05) is 0 Å². The summed E-state index contributed by atoms with van der Waals surface area (Å²) in [6, 6.07) is 0. The van der Waals surface area contributed by atoms with Gasteiger partial charge in [-0.05, 0) is 0 Å². The van der Waals surface area contributed by atoms with Crippen LogP contribution in [0.15, 0.2) is 0 Å². The van der Waals surface area contributed by atoms with E-state index in [1.165, 1.54) is 0 Å². The van der Waals surface area contributed by atoms with Gasteiger partial charge in [0.05, 0.1) is 0 Å². The smallest absolute Gasteiger partial charge is 1.00 e. The van der Waals surface area contributed by atoms with Crippen LogP contribution in [0.3, 0.4) is 0 Å². The van der Waals surface area contributed by atoms with Crippen molar-refractivity contribution in [3.63, 3.8) is 0 Å². The third-order valence-electron chi connectivity index (χ3n) is 0. The second-order valence-electron chi connectivity index (χ2n) is 0. The molecule has 0 heterocycles. The molecule has 0 aliphatic rings. The van der Waals surface area contributed by atoms with Crippen LogP contribution < -0.4 is 49.6 Å². The molecule has 0 fully saturated rings. The zero-order chi connectivity index (χ0) is 0. The Hall–Kier alpha value is 1.74. The van der Waals surface area contributed by atoms with Gasteiger partial charge < -0.3 is 71.5 Å². The van der Waals surface area contributed by atoms with Gasteiger partial charge in [0.15, 0.2) is 0 Å². The molecule has 0 unspecified atom stereocenters. The van der Waals surface area contributed by atoms with Gasteiger partial charge in [0.25, 0.3) is 0 Å². The minimum atomic E-state index is 0. The van der Waals surface area contributed by atoms with Gasteiger partial charge in [0.1, 0.15) is 0 Å². The van der Waals surface area contributed by atoms with Crippen LogP contribution in [0.1, 0.15) is 0 Å². The fourth-order valence-electron chi connectivity index (χ4n) is 0. The first-order chi connectivity index (χ1) is 0. The second kappa shape index (κ2) is 246. The van der Waals surface area contributed by atoms with E-state index in [2.05, 4.69) is 0 Å². The molecule has 0 radical (unpaired) electrons. The second-order valence-corrected chi connectivity index (χ2v) is 0. The summed E-state index contributed by atoms with van der Waals surface area (Å²) in [5, 5.41) is 0. The van der Waals surface area contributed by atoms with Gasteiger partial charge in [-0.15, -0.1) is 0 Å². The van der Waals surface area contributed by atoms with Gasteiger partial charge in [0.2, 0.25) is 0 Å². The number of halogens is 4. The molecular formula is H8AuCl4O4-. The van der Waals surface area contributed by atoms with Crippen LogP contribution in [0.4, 0.5) is 0 Å². The van der Waals surface area contributed by atoms with Gasteiger partial charge in [-0.3, -0.25) is 0 Å². The van der Waals surface area contributed by atoms with Gasteiger partial charge in [0, 0.05) is 0 Å². The molecule has 0 aromatic carbocycles. The van der Waals surface area contributed by atoms with Crippen LogP contribution in [-0.4, -0.2) is 21.9 Å². The van der Waals surface area contributed by atoms with Crippen molar-refractivity contribution in [1.82, 2.24) is 0 Å². The van der Waals surface area contributed by atoms with Gasteiger partial charge >= 0.3 is 22.4 Å². The molecule has 0 aliphatic carbocycles. The first-order valence-electron chi connectivity index (χ1n) is 0. The van der Waals surface area contributed by atoms with Crippen molar-refractivity contribution in [3.8, 4) is 0 Å². The molecule has 0 saturated carbocycles. The Bertz CT molecular complexity index is 12.5. The molecule has 0 aromatic heterocycles. The average molecular weight is 411 g/mol. The SMILES string of the molecule is O.O.O.O.[Au+3].[Cl-].[Cl-].[Cl-].[Cl-]. The molecule has 72 valence electrons. The van der Waals surface area contributed by atoms with Crippen molar-refractivity contribution in [1.29, 1.82) is 0 Å². The summed E-state index contributed by atoms with van der Waals surface area (Å²) in [5.74, 6) is 0. The summed E-state index contributed by atoms with van der Waals surface area (Å²) in [6.07, 6.45) is 0. The van der Waals surface area contributed by atoms with Crippen LogP contribution in [0.2, 0.25) is 0 Å². The molecule has 0 spiro atoms. The van der Waals surface area contributed by atoms with Crippen LogP contribution in [0.25, 0.3) is 0 Å². The number of hydrogen-bond donors (Lipinski definition) is 0. The minimum absolute atomic E-state index is 0. The molecule has 9 heavy (non-hydrogen) atoms. The Morgan fingerprint density at radius 1 is 0.333 bits per heavy atom. The van der Waals surface area contributed by atoms with E-state index in [0.717, 1.165) is 0 Å². The summed E-state index contributed by atoms with van der Waals surface area (Å²) < 4.78 is 0. The summed E-state index contributed by atoms with van der Waals surface area (Å²) in [5.41, 5.74) is 0. The third kappa shape index (κ3) is 193. The quantitative estimate of drug-likeness (QED) is 0.352. The van der Waals surface area contributed by atoms with Crippen LogP contribution in [0, 0.1) is 0 Å². The Balaban J connectivity index is 0. The molecule has 0 rings (SSSR count). The van der Waals surface area contributed by atoms with E-state index >= 15 is 0 Å². The summed E-state index contributed by atoms with van der Waals surface area (Å²) in [4.78, 5) is 0. The normalized spacial score (nSPS) is 0. The molecule has 8 N–H and O–H groups in total. The largest absolute Gasteiger partial charge is 3.00 e. The van der Waals surface area contributed by atoms with Crippen LogP contribution >= 0.6 is 0 Å². The summed E-state index contributed by atoms with van der Waals surface area (Å²) >= 11 is 0. The van der Waals surface area contributed by atoms with E-state index in [1.807, 2.05) is 0 Å². The standard InChI is InChI=1S/Au.4ClH.4H2O/h;4*1H;4*1H2/q+3;;;;;;;;/p-4. The van der Waals surface area contributed by atoms with E-state index in [1.54, 1.807) is 0 Å². The topological polar surface area (TPSA) is 126 Å². The maximum Gasteiger partial charge on any atom is 3.00 e. The van der Waals surface area contributed by atoms with E-state index < -0.39 is 0 Å². The predicted molar refractivity (Wildman–Crippen MR) is 14.5 cm³/mol. The molecule has 0 amide bonds. The maximum atomic E-state index is 0. The van der Waals surface area contributed by atoms with E-state index in [-0.39, 0.29) is 93.9 Å². The Morgan fingerprint density at radius 2 is 0.333 bits per heavy atom. The minimum Gasteiger partial charge on any atom is -1.00 e. The Kier molecular flexibility index (Phi) is 9180. The first-order valence-corrected chi connectivity index (χ1v) is 0. The molecule has 0 aromatic rings. The molecule has 4 nitrogen and oxygen atoms in total. The van der Waals surface area contributed by atoms with Crippen molar-refractivity contribution in [2.24, 2.45) is 0 Å². The van der Waals surface area contributed by atoms with Crippen LogP contribution in [0.5, 0.6) is 0 Å². The van der Waals surface area contributed by atoms with Gasteiger partial charge in [-0.25, -0.2) is 0 Å². The van der Waals surface area contributed by atoms with Gasteiger partial charge in [-0.2, -0.15) is 0 Å². The predicted octanol–water partition coefficient (Wildman–Crippen LogP) is -15.3. The zero-order valence-electron chi connectivity index (χ0n) is 3.81. The zero-order valence-corrected chi connectivity index (χ0v) is 9.00. The fraction of sp³-hybridized carbons (Fsp3) is 0. The molecular weight excluding hydrogens is 403 g/mol. The first kappa shape index (κ1) is 336. The van der Waals surface area contributed by atoms with Crippen molar-refractivity contribution in [2.75, 3.05) is 0 Å². The van der Waals surface area contributed by atoms with E-state index in [4.69, 9.17) is 0 Å². The molecule has 0 atom stereocenters. The van der Waals surface area contributed by atoms with Crippen molar-refractivity contribution >= 4 is 0 Å². The average Bonchev–Trinajstić information content (AvgIpc) is 0.